The average molecular weight is 525 g/mol. The second-order valence-electron chi connectivity index (χ2n) is 9.95. The van der Waals surface area contributed by atoms with Gasteiger partial charge < -0.3 is 30.9 Å². The molecule has 0 spiro atoms. The maximum absolute atomic E-state index is 14.1. The molecule has 200 valence electrons. The summed E-state index contributed by atoms with van der Waals surface area (Å²) in [6, 6.07) is 1.76. The standard InChI is InChI=1S/C27H28N2O9/c1-6-7-12-8-9-13-10(2)14-16(21(32)15(13)20(12)31)24(34)27(37)18(23(14)38-11(3)30)19(29(4)5)22(33)17(25(27)35)26(28)36/h7-10,14,18-19,23,31-32,35,37H,1H2,2-5H3,(H2,28,36). The molecule has 1 aromatic rings. The zero-order valence-electron chi connectivity index (χ0n) is 21.2. The van der Waals surface area contributed by atoms with E-state index in [-0.39, 0.29) is 16.9 Å². The molecule has 1 amide bonds. The van der Waals surface area contributed by atoms with E-state index < -0.39 is 81.6 Å². The lowest BCUT2D eigenvalue weighted by Crippen LogP contribution is -2.71. The van der Waals surface area contributed by atoms with Crippen molar-refractivity contribution >= 4 is 35.3 Å². The number of primary amides is 1. The fraction of sp³-hybridized carbons (Fsp3) is 0.370. The van der Waals surface area contributed by atoms with Crippen LogP contribution in [0.5, 0.6) is 5.75 Å². The van der Waals surface area contributed by atoms with Crippen molar-refractivity contribution in [3.8, 4) is 5.75 Å². The van der Waals surface area contributed by atoms with Gasteiger partial charge in [0.05, 0.1) is 17.5 Å². The fourth-order valence-corrected chi connectivity index (χ4v) is 6.16. The van der Waals surface area contributed by atoms with E-state index in [0.29, 0.717) is 5.56 Å². The number of nitrogens with zero attached hydrogens (tertiary/aromatic N) is 1. The fourth-order valence-electron chi connectivity index (χ4n) is 6.16. The summed E-state index contributed by atoms with van der Waals surface area (Å²) in [7, 11) is 2.91. The number of nitrogens with two attached hydrogens (primary N) is 1. The number of aromatic hydroxyl groups is 1. The molecule has 11 heteroatoms. The zero-order chi connectivity index (χ0) is 28.4. The summed E-state index contributed by atoms with van der Waals surface area (Å²) in [5.74, 6) is -10.1. The summed E-state index contributed by atoms with van der Waals surface area (Å²) in [4.78, 5) is 53.3. The molecule has 11 nitrogen and oxygen atoms in total. The molecule has 6 atom stereocenters. The molecular weight excluding hydrogens is 496 g/mol. The van der Waals surface area contributed by atoms with Gasteiger partial charge in [-0.3, -0.25) is 24.1 Å². The van der Waals surface area contributed by atoms with Gasteiger partial charge in [0.25, 0.3) is 5.91 Å². The normalized spacial score (nSPS) is 30.3. The molecule has 6 N–H and O–H groups in total. The van der Waals surface area contributed by atoms with E-state index in [1.165, 1.54) is 25.1 Å². The third kappa shape index (κ3) is 3.43. The van der Waals surface area contributed by atoms with E-state index in [9.17, 15) is 39.6 Å². The van der Waals surface area contributed by atoms with Crippen LogP contribution < -0.4 is 5.73 Å². The van der Waals surface area contributed by atoms with E-state index in [1.807, 2.05) is 0 Å². The molecule has 0 saturated heterocycles. The monoisotopic (exact) mass is 524 g/mol. The number of amides is 1. The molecule has 0 aliphatic heterocycles. The van der Waals surface area contributed by atoms with E-state index >= 15 is 0 Å². The van der Waals surface area contributed by atoms with Crippen LogP contribution in [0.15, 0.2) is 41.3 Å². The Kier molecular flexibility index (Phi) is 6.35. The Morgan fingerprint density at radius 3 is 2.37 bits per heavy atom. The lowest BCUT2D eigenvalue weighted by Gasteiger charge is -2.54. The number of hydrogen-bond acceptors (Lipinski definition) is 10. The number of ketones is 2. The predicted octanol–water partition coefficient (Wildman–Crippen LogP) is 0.865. The molecule has 3 aliphatic rings. The van der Waals surface area contributed by atoms with Crippen LogP contribution in [0.2, 0.25) is 0 Å². The summed E-state index contributed by atoms with van der Waals surface area (Å²) >= 11 is 0. The Morgan fingerprint density at radius 1 is 1.21 bits per heavy atom. The van der Waals surface area contributed by atoms with Gasteiger partial charge in [-0.25, -0.2) is 0 Å². The van der Waals surface area contributed by atoms with Crippen molar-refractivity contribution in [3.63, 3.8) is 0 Å². The largest absolute Gasteiger partial charge is 0.508 e. The van der Waals surface area contributed by atoms with Gasteiger partial charge >= 0.3 is 5.97 Å². The highest BCUT2D eigenvalue weighted by molar-refractivity contribution is 6.24. The van der Waals surface area contributed by atoms with Gasteiger partial charge in [-0.05, 0) is 31.7 Å². The van der Waals surface area contributed by atoms with Crippen LogP contribution in [-0.4, -0.2) is 80.6 Å². The van der Waals surface area contributed by atoms with Gasteiger partial charge in [-0.1, -0.05) is 25.6 Å². The average Bonchev–Trinajstić information content (AvgIpc) is 2.81. The van der Waals surface area contributed by atoms with Crippen molar-refractivity contribution in [1.82, 2.24) is 4.90 Å². The number of likely N-dealkylation sites (N-methyl/N-ethyl adjacent to an activating group) is 1. The molecular formula is C27H28N2O9. The second-order valence-corrected chi connectivity index (χ2v) is 9.95. The van der Waals surface area contributed by atoms with Gasteiger partial charge in [-0.2, -0.15) is 0 Å². The molecule has 0 radical (unpaired) electrons. The van der Waals surface area contributed by atoms with Crippen LogP contribution in [0.4, 0.5) is 0 Å². The molecule has 6 unspecified atom stereocenters. The lowest BCUT2D eigenvalue weighted by atomic mass is 9.54. The lowest BCUT2D eigenvalue weighted by molar-refractivity contribution is -0.184. The smallest absolute Gasteiger partial charge is 0.302 e. The molecule has 0 aromatic heterocycles. The highest BCUT2D eigenvalue weighted by atomic mass is 16.5. The van der Waals surface area contributed by atoms with Crippen molar-refractivity contribution in [3.05, 3.63) is 58.0 Å². The minimum Gasteiger partial charge on any atom is -0.508 e. The minimum absolute atomic E-state index is 0.0978. The number of benzene rings is 1. The van der Waals surface area contributed by atoms with Crippen molar-refractivity contribution in [1.29, 1.82) is 0 Å². The third-order valence-electron chi connectivity index (χ3n) is 7.69. The molecule has 38 heavy (non-hydrogen) atoms. The molecule has 1 aromatic carbocycles. The summed E-state index contributed by atoms with van der Waals surface area (Å²) in [5.41, 5.74) is 4.03. The topological polar surface area (TPSA) is 188 Å². The van der Waals surface area contributed by atoms with Crippen molar-refractivity contribution in [2.45, 2.75) is 37.5 Å². The Morgan fingerprint density at radius 2 is 1.84 bits per heavy atom. The first-order valence-corrected chi connectivity index (χ1v) is 11.7. The number of carbonyl (C=O) groups is 4. The maximum atomic E-state index is 14.1. The maximum Gasteiger partial charge on any atom is 0.302 e. The van der Waals surface area contributed by atoms with Crippen LogP contribution in [0.1, 0.15) is 36.5 Å². The summed E-state index contributed by atoms with van der Waals surface area (Å²) in [5, 5.41) is 45.3. The Labute approximate surface area is 217 Å². The highest BCUT2D eigenvalue weighted by Crippen LogP contribution is 2.57. The number of ether oxygens (including phenoxy) is 1. The number of rotatable bonds is 4. The molecule has 1 saturated carbocycles. The summed E-state index contributed by atoms with van der Waals surface area (Å²) in [6.07, 6.45) is -0.0706. The molecule has 0 bridgehead atoms. The quantitative estimate of drug-likeness (QED) is 0.215. The number of phenols is 1. The number of carbonyl (C=O) groups excluding carboxylic acids is 4. The van der Waals surface area contributed by atoms with Crippen LogP contribution in [0.25, 0.3) is 11.8 Å². The van der Waals surface area contributed by atoms with Crippen LogP contribution >= 0.6 is 0 Å². The van der Waals surface area contributed by atoms with Crippen molar-refractivity contribution in [2.75, 3.05) is 14.1 Å². The van der Waals surface area contributed by atoms with Crippen molar-refractivity contribution < 1.29 is 44.3 Å². The number of fused-ring (bicyclic) bond motifs is 3. The molecule has 3 aliphatic carbocycles. The van der Waals surface area contributed by atoms with Gasteiger partial charge in [0.15, 0.2) is 11.4 Å². The molecule has 1 fully saturated rings. The van der Waals surface area contributed by atoms with E-state index in [1.54, 1.807) is 19.1 Å². The van der Waals surface area contributed by atoms with E-state index in [2.05, 4.69) is 12.3 Å². The SMILES string of the molecule is C=C=Cc1ccc2c(c1O)C(O)=C1C(=O)C3(O)C(O)=C(C(N)=O)C(=O)C(N(C)C)C3C(OC(C)=O)C1C2C. The van der Waals surface area contributed by atoms with E-state index in [4.69, 9.17) is 10.5 Å². The number of esters is 1. The molecule has 4 rings (SSSR count). The Bertz CT molecular complexity index is 1420. The second kappa shape index (κ2) is 8.98. The number of aliphatic hydroxyl groups is 3. The van der Waals surface area contributed by atoms with Crippen molar-refractivity contribution in [2.24, 2.45) is 17.6 Å². The minimum atomic E-state index is -2.97. The Hall–Kier alpha value is -4.18. The van der Waals surface area contributed by atoms with Gasteiger partial charge in [0, 0.05) is 24.0 Å². The molecule has 0 heterocycles. The first-order chi connectivity index (χ1) is 17.7. The number of Topliss-reactive ketones (excluding diaryl/α,β-unsaturated/α-hetero) is 2. The number of phenolic OH excluding ortho intramolecular Hbond substituents is 1. The van der Waals surface area contributed by atoms with E-state index in [0.717, 1.165) is 6.92 Å². The van der Waals surface area contributed by atoms with Gasteiger partial charge in [0.1, 0.15) is 28.9 Å². The zero-order valence-corrected chi connectivity index (χ0v) is 21.2. The predicted molar refractivity (Wildman–Crippen MR) is 133 cm³/mol. The summed E-state index contributed by atoms with van der Waals surface area (Å²) < 4.78 is 5.63. The highest BCUT2D eigenvalue weighted by Gasteiger charge is 2.69. The van der Waals surface area contributed by atoms with Crippen LogP contribution in [0, 0.1) is 11.8 Å². The number of hydrogen-bond donors (Lipinski definition) is 5. The summed E-state index contributed by atoms with van der Waals surface area (Å²) in [6.45, 7) is 6.24. The van der Waals surface area contributed by atoms with Crippen LogP contribution in [0.3, 0.4) is 0 Å². The first-order valence-electron chi connectivity index (χ1n) is 11.7. The van der Waals surface area contributed by atoms with Gasteiger partial charge in [0.2, 0.25) is 5.78 Å². The van der Waals surface area contributed by atoms with Crippen LogP contribution in [-0.2, 0) is 23.9 Å². The Balaban J connectivity index is 2.13. The third-order valence-corrected chi connectivity index (χ3v) is 7.69. The van der Waals surface area contributed by atoms with Gasteiger partial charge in [-0.15, -0.1) is 5.73 Å². The first kappa shape index (κ1) is 26.9. The number of aliphatic hydroxyl groups excluding tert-OH is 2.